The molecule has 146 valence electrons. The molecule has 28 heavy (non-hydrogen) atoms. The van der Waals surface area contributed by atoms with E-state index in [2.05, 4.69) is 26.6 Å². The number of nitrogens with zero attached hydrogens (tertiary/aromatic N) is 1. The third kappa shape index (κ3) is 4.42. The van der Waals surface area contributed by atoms with Gasteiger partial charge in [-0.25, -0.2) is 4.79 Å². The second-order valence-electron chi connectivity index (χ2n) is 6.85. The fourth-order valence-electron chi connectivity index (χ4n) is 3.21. The second kappa shape index (κ2) is 8.56. The van der Waals surface area contributed by atoms with Gasteiger partial charge in [0.05, 0.1) is 6.04 Å². The lowest BCUT2D eigenvalue weighted by Crippen LogP contribution is -2.34. The number of hydrogen-bond donors (Lipinski definition) is 2. The zero-order chi connectivity index (χ0) is 20.3. The summed E-state index contributed by atoms with van der Waals surface area (Å²) in [5.41, 5.74) is 2.60. The number of amides is 4. The minimum Gasteiger partial charge on any atom is -0.326 e. The molecule has 1 aliphatic heterocycles. The third-order valence-corrected chi connectivity index (χ3v) is 5.71. The second-order valence-corrected chi connectivity index (χ2v) is 7.70. The van der Waals surface area contributed by atoms with Crippen molar-refractivity contribution in [2.45, 2.75) is 38.8 Å². The van der Waals surface area contributed by atoms with Crippen LogP contribution in [-0.2, 0) is 9.59 Å². The molecule has 0 spiro atoms. The van der Waals surface area contributed by atoms with Crippen LogP contribution in [0.1, 0.15) is 36.9 Å². The van der Waals surface area contributed by atoms with Gasteiger partial charge in [-0.05, 0) is 49.6 Å². The summed E-state index contributed by atoms with van der Waals surface area (Å²) in [6, 6.07) is 13.5. The molecule has 6 nitrogen and oxygen atoms in total. The molecule has 0 aromatic heterocycles. The normalized spacial score (nSPS) is 17.4. The summed E-state index contributed by atoms with van der Waals surface area (Å²) in [7, 11) is 0. The van der Waals surface area contributed by atoms with Crippen LogP contribution in [0.5, 0.6) is 0 Å². The quantitative estimate of drug-likeness (QED) is 0.657. The number of rotatable bonds is 6. The van der Waals surface area contributed by atoms with Crippen molar-refractivity contribution in [3.63, 3.8) is 0 Å². The molecule has 1 fully saturated rings. The van der Waals surface area contributed by atoms with Gasteiger partial charge in [0.1, 0.15) is 6.04 Å². The monoisotopic (exact) mass is 443 g/mol. The maximum Gasteiger partial charge on any atom is 0.325 e. The summed E-state index contributed by atoms with van der Waals surface area (Å²) in [4.78, 5) is 38.5. The van der Waals surface area contributed by atoms with E-state index in [1.807, 2.05) is 56.3 Å². The van der Waals surface area contributed by atoms with E-state index in [-0.39, 0.29) is 30.7 Å². The van der Waals surface area contributed by atoms with Crippen LogP contribution < -0.4 is 10.6 Å². The molecule has 0 unspecified atom stereocenters. The van der Waals surface area contributed by atoms with Crippen LogP contribution in [0.4, 0.5) is 10.5 Å². The van der Waals surface area contributed by atoms with E-state index in [1.54, 1.807) is 6.07 Å². The van der Waals surface area contributed by atoms with Crippen LogP contribution >= 0.6 is 15.9 Å². The average molecular weight is 444 g/mol. The van der Waals surface area contributed by atoms with Crippen LogP contribution in [0.2, 0.25) is 0 Å². The number of imide groups is 1. The van der Waals surface area contributed by atoms with E-state index in [0.29, 0.717) is 5.69 Å². The topological polar surface area (TPSA) is 78.5 Å². The highest BCUT2D eigenvalue weighted by Gasteiger charge is 2.40. The molecule has 4 amide bonds. The number of benzene rings is 2. The lowest BCUT2D eigenvalue weighted by Gasteiger charge is -2.21. The molecule has 1 aliphatic rings. The Morgan fingerprint density at radius 2 is 1.93 bits per heavy atom. The van der Waals surface area contributed by atoms with E-state index >= 15 is 0 Å². The van der Waals surface area contributed by atoms with Gasteiger partial charge in [-0.2, -0.15) is 0 Å². The van der Waals surface area contributed by atoms with Gasteiger partial charge in [-0.15, -0.1) is 0 Å². The first kappa shape index (κ1) is 20.1. The lowest BCUT2D eigenvalue weighted by atomic mass is 10.1. The van der Waals surface area contributed by atoms with Gasteiger partial charge in [0.15, 0.2) is 0 Å². The first-order valence-electron chi connectivity index (χ1n) is 9.11. The molecular weight excluding hydrogens is 422 g/mol. The number of nitrogens with one attached hydrogen (secondary N) is 2. The molecule has 0 saturated carbocycles. The smallest absolute Gasteiger partial charge is 0.325 e. The number of halogens is 1. The van der Waals surface area contributed by atoms with E-state index in [9.17, 15) is 14.4 Å². The first-order chi connectivity index (χ1) is 13.4. The minimum atomic E-state index is -0.684. The summed E-state index contributed by atoms with van der Waals surface area (Å²) in [6.45, 7) is 3.76. The van der Waals surface area contributed by atoms with E-state index in [0.717, 1.165) is 15.6 Å². The highest BCUT2D eigenvalue weighted by Crippen LogP contribution is 2.25. The van der Waals surface area contributed by atoms with Crippen LogP contribution in [0.15, 0.2) is 53.0 Å². The fraction of sp³-hybridized carbons (Fsp3) is 0.286. The van der Waals surface area contributed by atoms with Crippen molar-refractivity contribution >= 4 is 39.5 Å². The van der Waals surface area contributed by atoms with Crippen molar-refractivity contribution < 1.29 is 14.4 Å². The minimum absolute atomic E-state index is 0.138. The molecule has 2 atom stereocenters. The zero-order valence-electron chi connectivity index (χ0n) is 15.7. The Balaban J connectivity index is 1.58. The van der Waals surface area contributed by atoms with Crippen LogP contribution in [-0.4, -0.2) is 28.8 Å². The molecule has 0 bridgehead atoms. The number of hydrogen-bond acceptors (Lipinski definition) is 3. The van der Waals surface area contributed by atoms with Crippen molar-refractivity contribution in [1.29, 1.82) is 0 Å². The molecule has 3 rings (SSSR count). The Morgan fingerprint density at radius 3 is 2.61 bits per heavy atom. The van der Waals surface area contributed by atoms with E-state index in [4.69, 9.17) is 0 Å². The number of anilines is 1. The predicted molar refractivity (Wildman–Crippen MR) is 111 cm³/mol. The molecule has 2 aromatic rings. The van der Waals surface area contributed by atoms with Crippen molar-refractivity contribution in [3.05, 3.63) is 64.1 Å². The van der Waals surface area contributed by atoms with Crippen LogP contribution in [0.25, 0.3) is 0 Å². The van der Waals surface area contributed by atoms with Gasteiger partial charge in [0.2, 0.25) is 5.91 Å². The fourth-order valence-corrected chi connectivity index (χ4v) is 3.46. The Kier molecular flexibility index (Phi) is 6.14. The molecule has 1 saturated heterocycles. The van der Waals surface area contributed by atoms with Gasteiger partial charge in [-0.3, -0.25) is 14.5 Å². The summed E-state index contributed by atoms with van der Waals surface area (Å²) < 4.78 is 0.970. The predicted octanol–water partition coefficient (Wildman–Crippen LogP) is 4.16. The zero-order valence-corrected chi connectivity index (χ0v) is 17.3. The standard InChI is InChI=1S/C21H22BrN3O3/c1-13-12-16(8-9-17(13)22)23-19(26)11-10-18-20(27)25(21(28)24-18)14(2)15-6-4-3-5-7-15/h3-9,12,14,18H,10-11H2,1-2H3,(H,23,26)(H,24,28)/t14-,18+/m1/s1. The number of urea groups is 1. The largest absolute Gasteiger partial charge is 0.326 e. The molecule has 0 radical (unpaired) electrons. The van der Waals surface area contributed by atoms with Crippen molar-refractivity contribution in [3.8, 4) is 0 Å². The van der Waals surface area contributed by atoms with Crippen molar-refractivity contribution in [2.75, 3.05) is 5.32 Å². The Labute approximate surface area is 172 Å². The highest BCUT2D eigenvalue weighted by molar-refractivity contribution is 9.10. The number of carbonyl (C=O) groups is 3. The SMILES string of the molecule is Cc1cc(NC(=O)CC[C@@H]2NC(=O)N([C@H](C)c3ccccc3)C2=O)ccc1Br. The molecule has 7 heteroatoms. The Morgan fingerprint density at radius 1 is 1.21 bits per heavy atom. The highest BCUT2D eigenvalue weighted by atomic mass is 79.9. The molecule has 1 heterocycles. The number of carbonyl (C=O) groups excluding carboxylic acids is 3. The molecule has 2 aromatic carbocycles. The maximum atomic E-state index is 12.7. The Bertz CT molecular complexity index is 901. The van der Waals surface area contributed by atoms with Crippen molar-refractivity contribution in [1.82, 2.24) is 10.2 Å². The van der Waals surface area contributed by atoms with Crippen molar-refractivity contribution in [2.24, 2.45) is 0 Å². The summed E-state index contributed by atoms with van der Waals surface area (Å²) in [5, 5.41) is 5.51. The summed E-state index contributed by atoms with van der Waals surface area (Å²) in [5.74, 6) is -0.494. The van der Waals surface area contributed by atoms with E-state index < -0.39 is 12.1 Å². The summed E-state index contributed by atoms with van der Waals surface area (Å²) >= 11 is 3.42. The molecular formula is C21H22BrN3O3. The van der Waals surface area contributed by atoms with E-state index in [1.165, 1.54) is 4.90 Å². The molecule has 2 N–H and O–H groups in total. The van der Waals surface area contributed by atoms with Gasteiger partial charge >= 0.3 is 6.03 Å². The van der Waals surface area contributed by atoms with Crippen LogP contribution in [0.3, 0.4) is 0 Å². The Hall–Kier alpha value is -2.67. The molecule has 0 aliphatic carbocycles. The van der Waals surface area contributed by atoms with Crippen LogP contribution in [0, 0.1) is 6.92 Å². The number of aryl methyl sites for hydroxylation is 1. The first-order valence-corrected chi connectivity index (χ1v) is 9.90. The average Bonchev–Trinajstić information content (AvgIpc) is 2.96. The van der Waals surface area contributed by atoms with Gasteiger partial charge < -0.3 is 10.6 Å². The van der Waals surface area contributed by atoms with Gasteiger partial charge in [-0.1, -0.05) is 46.3 Å². The summed E-state index contributed by atoms with van der Waals surface area (Å²) in [6.07, 6.45) is 0.392. The maximum absolute atomic E-state index is 12.7. The lowest BCUT2D eigenvalue weighted by molar-refractivity contribution is -0.129. The third-order valence-electron chi connectivity index (χ3n) is 4.82. The van der Waals surface area contributed by atoms with Gasteiger partial charge in [0, 0.05) is 16.6 Å². The van der Waals surface area contributed by atoms with Gasteiger partial charge in [0.25, 0.3) is 5.91 Å².